The number of hydrogen-bond acceptors (Lipinski definition) is 3. The molecule has 0 aromatic carbocycles. The van der Waals surface area contributed by atoms with Crippen molar-refractivity contribution in [1.29, 1.82) is 0 Å². The molecule has 0 fully saturated rings. The van der Waals surface area contributed by atoms with Gasteiger partial charge in [-0.2, -0.15) is 0 Å². The van der Waals surface area contributed by atoms with Crippen LogP contribution in [0.2, 0.25) is 0 Å². The molecule has 76 valence electrons. The predicted molar refractivity (Wildman–Crippen MR) is 55.2 cm³/mol. The molecular formula is C9H5BrN2O3. The summed E-state index contributed by atoms with van der Waals surface area (Å²) in [5.41, 5.74) is 0.922. The Balaban J connectivity index is 2.78. The largest absolute Gasteiger partial charge is 0.478 e. The SMILES string of the molecule is O=Cc1cnc2cc(C(=O)O)c(Br)cn12. The molecule has 6 heteroatoms. The molecule has 2 aromatic heterocycles. The van der Waals surface area contributed by atoms with E-state index in [1.807, 2.05) is 0 Å². The van der Waals surface area contributed by atoms with E-state index >= 15 is 0 Å². The second kappa shape index (κ2) is 3.47. The molecule has 0 atom stereocenters. The minimum Gasteiger partial charge on any atom is -0.478 e. The zero-order chi connectivity index (χ0) is 11.0. The van der Waals surface area contributed by atoms with Gasteiger partial charge in [-0.15, -0.1) is 0 Å². The molecular weight excluding hydrogens is 264 g/mol. The average molecular weight is 269 g/mol. The first kappa shape index (κ1) is 9.85. The Labute approximate surface area is 92.5 Å². The summed E-state index contributed by atoms with van der Waals surface area (Å²) in [5.74, 6) is -1.04. The van der Waals surface area contributed by atoms with Gasteiger partial charge in [0.2, 0.25) is 0 Å². The number of rotatable bonds is 2. The zero-order valence-electron chi connectivity index (χ0n) is 7.35. The fourth-order valence-corrected chi connectivity index (χ4v) is 1.76. The molecule has 5 nitrogen and oxygen atoms in total. The van der Waals surface area contributed by atoms with E-state index in [4.69, 9.17) is 5.11 Å². The Morgan fingerprint density at radius 2 is 2.33 bits per heavy atom. The third-order valence-corrected chi connectivity index (χ3v) is 2.61. The Morgan fingerprint density at radius 3 is 2.93 bits per heavy atom. The molecule has 2 heterocycles. The first-order valence-corrected chi connectivity index (χ1v) is 4.78. The lowest BCUT2D eigenvalue weighted by Gasteiger charge is -2.01. The number of aromatic carboxylic acids is 1. The predicted octanol–water partition coefficient (Wildman–Crippen LogP) is 1.61. The van der Waals surface area contributed by atoms with Gasteiger partial charge < -0.3 is 5.11 Å². The van der Waals surface area contributed by atoms with Crippen LogP contribution in [0.25, 0.3) is 5.65 Å². The summed E-state index contributed by atoms with van der Waals surface area (Å²) in [5, 5.41) is 8.85. The molecule has 0 bridgehead atoms. The monoisotopic (exact) mass is 268 g/mol. The van der Waals surface area contributed by atoms with Crippen molar-refractivity contribution >= 4 is 33.8 Å². The van der Waals surface area contributed by atoms with Gasteiger partial charge in [0.05, 0.1) is 11.8 Å². The lowest BCUT2D eigenvalue weighted by atomic mass is 10.3. The summed E-state index contributed by atoms with van der Waals surface area (Å²) in [6.45, 7) is 0. The van der Waals surface area contributed by atoms with Crippen molar-refractivity contribution < 1.29 is 14.7 Å². The highest BCUT2D eigenvalue weighted by Crippen LogP contribution is 2.19. The van der Waals surface area contributed by atoms with Crippen LogP contribution in [0.5, 0.6) is 0 Å². The van der Waals surface area contributed by atoms with E-state index in [9.17, 15) is 9.59 Å². The Kier molecular flexibility index (Phi) is 2.28. The first-order valence-electron chi connectivity index (χ1n) is 3.98. The smallest absolute Gasteiger partial charge is 0.337 e. The molecule has 15 heavy (non-hydrogen) atoms. The van der Waals surface area contributed by atoms with Crippen LogP contribution in [0, 0.1) is 0 Å². The van der Waals surface area contributed by atoms with Gasteiger partial charge in [0, 0.05) is 10.7 Å². The number of nitrogens with zero attached hydrogens (tertiary/aromatic N) is 2. The molecule has 2 aromatic rings. The fraction of sp³-hybridized carbons (Fsp3) is 0. The van der Waals surface area contributed by atoms with Crippen LogP contribution in [0.1, 0.15) is 20.8 Å². The maximum Gasteiger partial charge on any atom is 0.337 e. The van der Waals surface area contributed by atoms with E-state index in [0.29, 0.717) is 22.1 Å². The summed E-state index contributed by atoms with van der Waals surface area (Å²) in [6, 6.07) is 1.40. The van der Waals surface area contributed by atoms with Crippen LogP contribution >= 0.6 is 15.9 Å². The second-order valence-corrected chi connectivity index (χ2v) is 3.72. The maximum atomic E-state index is 10.8. The van der Waals surface area contributed by atoms with Gasteiger partial charge in [0.1, 0.15) is 11.3 Å². The minimum absolute atomic E-state index is 0.116. The minimum atomic E-state index is -1.04. The summed E-state index contributed by atoms with van der Waals surface area (Å²) in [6.07, 6.45) is 3.56. The van der Waals surface area contributed by atoms with E-state index in [1.54, 1.807) is 0 Å². The lowest BCUT2D eigenvalue weighted by Crippen LogP contribution is -2.00. The van der Waals surface area contributed by atoms with E-state index in [1.165, 1.54) is 22.9 Å². The third kappa shape index (κ3) is 1.52. The normalized spacial score (nSPS) is 10.5. The fourth-order valence-electron chi connectivity index (χ4n) is 1.27. The molecule has 0 aliphatic rings. The lowest BCUT2D eigenvalue weighted by molar-refractivity contribution is 0.0695. The molecule has 1 N–H and O–H groups in total. The van der Waals surface area contributed by atoms with Crippen LogP contribution < -0.4 is 0 Å². The average Bonchev–Trinajstić information content (AvgIpc) is 2.58. The van der Waals surface area contributed by atoms with Crippen molar-refractivity contribution in [2.24, 2.45) is 0 Å². The molecule has 0 radical (unpaired) electrons. The molecule has 0 aliphatic carbocycles. The molecule has 0 saturated carbocycles. The van der Waals surface area contributed by atoms with Gasteiger partial charge >= 0.3 is 5.97 Å². The number of carbonyl (C=O) groups excluding carboxylic acids is 1. The third-order valence-electron chi connectivity index (χ3n) is 1.98. The molecule has 2 rings (SSSR count). The van der Waals surface area contributed by atoms with Crippen molar-refractivity contribution in [3.05, 3.63) is 34.2 Å². The van der Waals surface area contributed by atoms with Gasteiger partial charge in [0.25, 0.3) is 0 Å². The molecule has 0 spiro atoms. The standard InChI is InChI=1S/C9H5BrN2O3/c10-7-3-12-5(4-13)2-11-8(12)1-6(7)9(14)15/h1-4H,(H,14,15). The van der Waals surface area contributed by atoms with Crippen LogP contribution in [0.15, 0.2) is 22.9 Å². The van der Waals surface area contributed by atoms with Crippen LogP contribution in [0.4, 0.5) is 0 Å². The number of fused-ring (bicyclic) bond motifs is 1. The highest BCUT2D eigenvalue weighted by molar-refractivity contribution is 9.10. The van der Waals surface area contributed by atoms with Gasteiger partial charge in [-0.05, 0) is 22.0 Å². The van der Waals surface area contributed by atoms with Crippen molar-refractivity contribution in [1.82, 2.24) is 9.38 Å². The van der Waals surface area contributed by atoms with E-state index < -0.39 is 5.97 Å². The number of halogens is 1. The van der Waals surface area contributed by atoms with Crippen LogP contribution in [0.3, 0.4) is 0 Å². The van der Waals surface area contributed by atoms with E-state index in [2.05, 4.69) is 20.9 Å². The van der Waals surface area contributed by atoms with E-state index in [-0.39, 0.29) is 5.56 Å². The van der Waals surface area contributed by atoms with E-state index in [0.717, 1.165) is 0 Å². The summed E-state index contributed by atoms with van der Waals surface area (Å²) < 4.78 is 1.92. The van der Waals surface area contributed by atoms with Crippen LogP contribution in [-0.4, -0.2) is 26.7 Å². The van der Waals surface area contributed by atoms with Crippen LogP contribution in [-0.2, 0) is 0 Å². The Bertz CT molecular complexity index is 562. The molecule has 0 aliphatic heterocycles. The number of imidazole rings is 1. The zero-order valence-corrected chi connectivity index (χ0v) is 8.93. The van der Waals surface area contributed by atoms with Gasteiger partial charge in [-0.3, -0.25) is 9.20 Å². The second-order valence-electron chi connectivity index (χ2n) is 2.87. The number of hydrogen-bond donors (Lipinski definition) is 1. The number of carbonyl (C=O) groups is 2. The summed E-state index contributed by atoms with van der Waals surface area (Å²) >= 11 is 3.12. The van der Waals surface area contributed by atoms with Gasteiger partial charge in [0.15, 0.2) is 6.29 Å². The van der Waals surface area contributed by atoms with Crippen molar-refractivity contribution in [3.63, 3.8) is 0 Å². The van der Waals surface area contributed by atoms with Gasteiger partial charge in [-0.25, -0.2) is 9.78 Å². The van der Waals surface area contributed by atoms with Crippen molar-refractivity contribution in [2.75, 3.05) is 0 Å². The molecule has 0 saturated heterocycles. The van der Waals surface area contributed by atoms with Crippen molar-refractivity contribution in [2.45, 2.75) is 0 Å². The highest BCUT2D eigenvalue weighted by atomic mass is 79.9. The number of carboxylic acid groups (broad SMARTS) is 1. The number of pyridine rings is 1. The number of aldehydes is 1. The molecule has 0 unspecified atom stereocenters. The highest BCUT2D eigenvalue weighted by Gasteiger charge is 2.12. The maximum absolute atomic E-state index is 10.8. The number of aromatic nitrogens is 2. The van der Waals surface area contributed by atoms with Gasteiger partial charge in [-0.1, -0.05) is 0 Å². The first-order chi connectivity index (χ1) is 7.13. The number of carboxylic acids is 1. The summed E-state index contributed by atoms with van der Waals surface area (Å²) in [4.78, 5) is 25.3. The Morgan fingerprint density at radius 1 is 1.60 bits per heavy atom. The topological polar surface area (TPSA) is 71.7 Å². The molecule has 0 amide bonds. The Hall–Kier alpha value is -1.69. The van der Waals surface area contributed by atoms with Crippen molar-refractivity contribution in [3.8, 4) is 0 Å². The summed E-state index contributed by atoms with van der Waals surface area (Å²) in [7, 11) is 0. The quantitative estimate of drug-likeness (QED) is 0.840.